The van der Waals surface area contributed by atoms with E-state index in [2.05, 4.69) is 19.6 Å². The fourth-order valence-corrected chi connectivity index (χ4v) is 5.33. The summed E-state index contributed by atoms with van der Waals surface area (Å²) in [7, 11) is -3.07. The van der Waals surface area contributed by atoms with Crippen molar-refractivity contribution >= 4 is 23.6 Å². The molecule has 0 fully saturated rings. The average Bonchev–Trinajstić information content (AvgIpc) is 2.64. The van der Waals surface area contributed by atoms with Gasteiger partial charge in [-0.25, -0.2) is 4.76 Å². The summed E-state index contributed by atoms with van der Waals surface area (Å²) in [4.78, 5) is 0. The van der Waals surface area contributed by atoms with Crippen molar-refractivity contribution < 1.29 is 4.57 Å². The van der Waals surface area contributed by atoms with Gasteiger partial charge in [-0.2, -0.15) is 0 Å². The molecule has 1 atom stereocenters. The number of hydrogen-bond acceptors (Lipinski definition) is 1. The van der Waals surface area contributed by atoms with Gasteiger partial charge in [-0.1, -0.05) is 55.5 Å². The molecule has 2 aromatic carbocycles. The molecule has 0 bridgehead atoms. The topological polar surface area (TPSA) is 29.4 Å². The summed E-state index contributed by atoms with van der Waals surface area (Å²) in [6, 6.07) is 19.2. The Kier molecular flexibility index (Phi) is 5.20. The summed E-state index contributed by atoms with van der Waals surface area (Å²) < 4.78 is 18.9. The van der Waals surface area contributed by atoms with Crippen LogP contribution in [0.4, 0.5) is 0 Å². The van der Waals surface area contributed by atoms with Gasteiger partial charge in [0.1, 0.15) is 0 Å². The normalized spacial score (nSPS) is 19.5. The highest BCUT2D eigenvalue weighted by Gasteiger charge is 2.29. The molecule has 0 saturated carbocycles. The van der Waals surface area contributed by atoms with Crippen LogP contribution in [0.2, 0.25) is 0 Å². The Morgan fingerprint density at radius 2 is 1.56 bits per heavy atom. The highest BCUT2D eigenvalue weighted by atomic mass is 31.2. The second-order valence-corrected chi connectivity index (χ2v) is 9.05. The van der Waals surface area contributed by atoms with E-state index in [0.29, 0.717) is 5.92 Å². The van der Waals surface area contributed by atoms with E-state index < -0.39 is 7.29 Å². The third-order valence-corrected chi connectivity index (χ3v) is 7.20. The lowest BCUT2D eigenvalue weighted by molar-refractivity contribution is 0.587. The van der Waals surface area contributed by atoms with Crippen molar-refractivity contribution in [3.05, 3.63) is 84.5 Å². The summed E-state index contributed by atoms with van der Waals surface area (Å²) in [5.41, 5.74) is 3.19. The van der Waals surface area contributed by atoms with Crippen molar-refractivity contribution in [2.24, 2.45) is 10.7 Å². The summed E-state index contributed by atoms with van der Waals surface area (Å²) in [6.45, 7) is 8.24. The maximum Gasteiger partial charge on any atom is 0.247 e. The minimum Gasteiger partial charge on any atom is -0.288 e. The lowest BCUT2D eigenvalue weighted by atomic mass is 9.87. The molecule has 1 aliphatic rings. The standard InChI is InChI=1S/C22H24NOP/c1-17(2)19-15-14-18(3)22(16-19)23-25(24,20-10-6-4-7-11-20)21-12-8-5-9-13-21/h4-13,16,18H,1,14-15H2,2-3H3/b23-22+. The van der Waals surface area contributed by atoms with Crippen LogP contribution in [0.15, 0.2) is 89.2 Å². The minimum absolute atomic E-state index is 0.295. The molecule has 1 unspecified atom stereocenters. The molecule has 0 aliphatic heterocycles. The van der Waals surface area contributed by atoms with Gasteiger partial charge in [-0.3, -0.25) is 4.57 Å². The Morgan fingerprint density at radius 1 is 1.04 bits per heavy atom. The van der Waals surface area contributed by atoms with E-state index in [-0.39, 0.29) is 0 Å². The summed E-state index contributed by atoms with van der Waals surface area (Å²) >= 11 is 0. The zero-order valence-electron chi connectivity index (χ0n) is 14.9. The van der Waals surface area contributed by atoms with E-state index in [0.717, 1.165) is 34.7 Å². The first-order chi connectivity index (χ1) is 12.0. The van der Waals surface area contributed by atoms with Gasteiger partial charge in [0.2, 0.25) is 7.29 Å². The third kappa shape index (κ3) is 3.75. The lowest BCUT2D eigenvalue weighted by Crippen LogP contribution is -2.20. The van der Waals surface area contributed by atoms with E-state index in [1.807, 2.05) is 67.6 Å². The zero-order chi connectivity index (χ0) is 17.9. The predicted molar refractivity (Wildman–Crippen MR) is 108 cm³/mol. The number of hydrogen-bond donors (Lipinski definition) is 0. The molecule has 0 aromatic heterocycles. The second-order valence-electron chi connectivity index (χ2n) is 6.66. The number of benzene rings is 2. The van der Waals surface area contributed by atoms with Crippen LogP contribution in [0.25, 0.3) is 0 Å². The molecule has 25 heavy (non-hydrogen) atoms. The van der Waals surface area contributed by atoms with Crippen molar-refractivity contribution in [3.8, 4) is 0 Å². The van der Waals surface area contributed by atoms with Crippen LogP contribution in [0.5, 0.6) is 0 Å². The van der Waals surface area contributed by atoms with E-state index in [1.165, 1.54) is 5.57 Å². The highest BCUT2D eigenvalue weighted by molar-refractivity contribution is 7.77. The van der Waals surface area contributed by atoms with Crippen molar-refractivity contribution in [3.63, 3.8) is 0 Å². The molecule has 0 N–H and O–H groups in total. The van der Waals surface area contributed by atoms with Gasteiger partial charge in [0, 0.05) is 16.3 Å². The van der Waals surface area contributed by atoms with E-state index in [9.17, 15) is 4.57 Å². The summed E-state index contributed by atoms with van der Waals surface area (Å²) in [6.07, 6.45) is 4.12. The van der Waals surface area contributed by atoms with Gasteiger partial charge in [-0.15, -0.1) is 0 Å². The SMILES string of the molecule is C=C(C)C1=C/C(=N\P(=O)(c2ccccc2)c2ccccc2)C(C)CC1. The Balaban J connectivity index is 2.18. The number of rotatable bonds is 4. The highest BCUT2D eigenvalue weighted by Crippen LogP contribution is 2.46. The molecule has 0 radical (unpaired) electrons. The molecule has 2 aromatic rings. The third-order valence-electron chi connectivity index (χ3n) is 4.69. The lowest BCUT2D eigenvalue weighted by Gasteiger charge is -2.23. The van der Waals surface area contributed by atoms with E-state index in [4.69, 9.17) is 4.76 Å². The largest absolute Gasteiger partial charge is 0.288 e. The fraction of sp³-hybridized carbons (Fsp3) is 0.227. The van der Waals surface area contributed by atoms with Gasteiger partial charge in [0.15, 0.2) is 0 Å². The fourth-order valence-electron chi connectivity index (χ4n) is 3.06. The maximum atomic E-state index is 14.1. The minimum atomic E-state index is -3.07. The van der Waals surface area contributed by atoms with Crippen LogP contribution in [-0.4, -0.2) is 5.71 Å². The second kappa shape index (κ2) is 7.37. The molecule has 0 heterocycles. The Hall–Kier alpha value is -2.18. The van der Waals surface area contributed by atoms with Crippen molar-refractivity contribution in [2.75, 3.05) is 0 Å². The first-order valence-electron chi connectivity index (χ1n) is 8.68. The maximum absolute atomic E-state index is 14.1. The molecular weight excluding hydrogens is 325 g/mol. The van der Waals surface area contributed by atoms with Crippen molar-refractivity contribution in [1.82, 2.24) is 0 Å². The Labute approximate surface area is 150 Å². The van der Waals surface area contributed by atoms with Crippen LogP contribution in [-0.2, 0) is 4.57 Å². The van der Waals surface area contributed by atoms with Crippen molar-refractivity contribution in [1.29, 1.82) is 0 Å². The smallest absolute Gasteiger partial charge is 0.247 e. The molecule has 1 aliphatic carbocycles. The van der Waals surface area contributed by atoms with E-state index >= 15 is 0 Å². The van der Waals surface area contributed by atoms with E-state index in [1.54, 1.807) is 0 Å². The zero-order valence-corrected chi connectivity index (χ0v) is 15.7. The van der Waals surface area contributed by atoms with Crippen molar-refractivity contribution in [2.45, 2.75) is 26.7 Å². The molecule has 0 saturated heterocycles. The Morgan fingerprint density at radius 3 is 2.04 bits per heavy atom. The predicted octanol–water partition coefficient (Wildman–Crippen LogP) is 5.29. The molecule has 3 heteroatoms. The average molecular weight is 349 g/mol. The van der Waals surface area contributed by atoms with Gasteiger partial charge in [0.25, 0.3) is 0 Å². The molecule has 2 nitrogen and oxygen atoms in total. The van der Waals surface area contributed by atoms with Crippen LogP contribution in [0.1, 0.15) is 26.7 Å². The number of allylic oxidation sites excluding steroid dienone is 3. The van der Waals surface area contributed by atoms with Crippen LogP contribution < -0.4 is 10.6 Å². The molecule has 128 valence electrons. The van der Waals surface area contributed by atoms with Gasteiger partial charge >= 0.3 is 0 Å². The number of nitrogens with zero attached hydrogens (tertiary/aromatic N) is 1. The monoisotopic (exact) mass is 349 g/mol. The molecule has 0 spiro atoms. The van der Waals surface area contributed by atoms with Gasteiger partial charge in [0.05, 0.1) is 0 Å². The Bertz CT molecular complexity index is 822. The first kappa shape index (κ1) is 17.6. The van der Waals surface area contributed by atoms with Crippen LogP contribution in [0, 0.1) is 5.92 Å². The molecular formula is C22H24NOP. The summed E-state index contributed by atoms with van der Waals surface area (Å²) in [5, 5.41) is 1.55. The van der Waals surface area contributed by atoms with Gasteiger partial charge < -0.3 is 0 Å². The summed E-state index contributed by atoms with van der Waals surface area (Å²) in [5.74, 6) is 0.295. The van der Waals surface area contributed by atoms with Crippen LogP contribution >= 0.6 is 7.29 Å². The molecule has 3 rings (SSSR count). The molecule has 0 amide bonds. The van der Waals surface area contributed by atoms with Crippen LogP contribution in [0.3, 0.4) is 0 Å². The van der Waals surface area contributed by atoms with Gasteiger partial charge in [-0.05, 0) is 61.6 Å². The first-order valence-corrected chi connectivity index (χ1v) is 10.3. The quantitative estimate of drug-likeness (QED) is 0.690.